The molecule has 0 unspecified atom stereocenters. The largest absolute Gasteiger partial charge is 0.497 e. The number of hydrogen-bond donors (Lipinski definition) is 0. The summed E-state index contributed by atoms with van der Waals surface area (Å²) < 4.78 is 17.3. The van der Waals surface area contributed by atoms with Gasteiger partial charge in [0.15, 0.2) is 8.32 Å². The van der Waals surface area contributed by atoms with Crippen molar-refractivity contribution in [1.82, 2.24) is 0 Å². The van der Waals surface area contributed by atoms with E-state index in [1.165, 1.54) is 0 Å². The van der Waals surface area contributed by atoms with E-state index < -0.39 is 17.1 Å². The van der Waals surface area contributed by atoms with Crippen LogP contribution in [-0.4, -0.2) is 36.6 Å². The van der Waals surface area contributed by atoms with Crippen LogP contribution in [0.15, 0.2) is 12.3 Å². The molecule has 80 valence electrons. The van der Waals surface area contributed by atoms with Gasteiger partial charge >= 0.3 is 8.80 Å². The second-order valence-electron chi connectivity index (χ2n) is 3.63. The second-order valence-corrected chi connectivity index (χ2v) is 12.7. The molecule has 0 rings (SSSR count). The summed E-state index contributed by atoms with van der Waals surface area (Å²) >= 11 is 0. The molecule has 0 spiro atoms. The van der Waals surface area contributed by atoms with Crippen LogP contribution in [0.5, 0.6) is 0 Å². The lowest BCUT2D eigenvalue weighted by molar-refractivity contribution is 0.292. The van der Waals surface area contributed by atoms with Crippen molar-refractivity contribution < 1.29 is 12.3 Å². The Balaban J connectivity index is 4.56. The van der Waals surface area contributed by atoms with Gasteiger partial charge in [-0.05, 0) is 38.4 Å². The number of rotatable bonds is 7. The Morgan fingerprint density at radius 1 is 1.07 bits per heavy atom. The highest BCUT2D eigenvalue weighted by Gasteiger charge is 2.40. The van der Waals surface area contributed by atoms with Gasteiger partial charge in [-0.25, -0.2) is 0 Å². The van der Waals surface area contributed by atoms with Gasteiger partial charge in [0.05, 0.1) is 0 Å². The van der Waals surface area contributed by atoms with Crippen LogP contribution in [0, 0.1) is 0 Å². The van der Waals surface area contributed by atoms with E-state index in [9.17, 15) is 0 Å². The van der Waals surface area contributed by atoms with Gasteiger partial charge in [0.25, 0.3) is 0 Å². The maximum absolute atomic E-state index is 5.98. The quantitative estimate of drug-likeness (QED) is 0.656. The SMILES string of the molecule is C=C[Si](O[Si]C)(O[Si]C)O[Si](C)(C)C. The van der Waals surface area contributed by atoms with Crippen molar-refractivity contribution in [3.63, 3.8) is 0 Å². The van der Waals surface area contributed by atoms with Gasteiger partial charge in [-0.15, -0.1) is 6.58 Å². The summed E-state index contributed by atoms with van der Waals surface area (Å²) in [6.45, 7) is 14.1. The Morgan fingerprint density at radius 3 is 1.71 bits per heavy atom. The molecule has 0 aromatic rings. The molecule has 0 fully saturated rings. The zero-order valence-corrected chi connectivity index (χ0v) is 13.5. The van der Waals surface area contributed by atoms with Crippen molar-refractivity contribution in [2.45, 2.75) is 32.7 Å². The highest BCUT2D eigenvalue weighted by Crippen LogP contribution is 2.17. The van der Waals surface area contributed by atoms with E-state index in [0.717, 1.165) is 0 Å². The Morgan fingerprint density at radius 2 is 1.50 bits per heavy atom. The molecule has 0 amide bonds. The first-order chi connectivity index (χ1) is 6.39. The maximum Gasteiger partial charge on any atom is 0.497 e. The molecule has 0 heterocycles. The maximum atomic E-state index is 5.98. The summed E-state index contributed by atoms with van der Waals surface area (Å²) in [7, 11) is -3.44. The topological polar surface area (TPSA) is 27.7 Å². The standard InChI is InChI=1S/C7H18O3Si4/c1-7-14(8-11-2,9-12-3)10-13(4,5)6/h7H,1H2,2-6H3. The van der Waals surface area contributed by atoms with Gasteiger partial charge in [-0.3, -0.25) is 0 Å². The van der Waals surface area contributed by atoms with Crippen LogP contribution >= 0.6 is 0 Å². The average molecular weight is 263 g/mol. The Kier molecular flexibility index (Phi) is 6.37. The zero-order valence-electron chi connectivity index (χ0n) is 9.51. The van der Waals surface area contributed by atoms with E-state index in [1.807, 2.05) is 13.1 Å². The van der Waals surface area contributed by atoms with Crippen LogP contribution in [0.4, 0.5) is 0 Å². The van der Waals surface area contributed by atoms with E-state index >= 15 is 0 Å². The third-order valence-electron chi connectivity index (χ3n) is 1.19. The molecule has 0 aliphatic rings. The first kappa shape index (κ1) is 14.5. The minimum Gasteiger partial charge on any atom is -0.414 e. The first-order valence-electron chi connectivity index (χ1n) is 4.42. The van der Waals surface area contributed by atoms with E-state index in [-0.39, 0.29) is 0 Å². The molecular formula is C7H18O3Si4. The predicted octanol–water partition coefficient (Wildman–Crippen LogP) is 1.87. The van der Waals surface area contributed by atoms with Gasteiger partial charge in [0.1, 0.15) is 0 Å². The van der Waals surface area contributed by atoms with E-state index in [2.05, 4.69) is 26.2 Å². The Hall–Kier alpha value is 0.488. The van der Waals surface area contributed by atoms with E-state index in [4.69, 9.17) is 12.3 Å². The molecule has 4 radical (unpaired) electrons. The molecule has 0 aliphatic heterocycles. The summed E-state index contributed by atoms with van der Waals surface area (Å²) in [5.41, 5.74) is 1.73. The van der Waals surface area contributed by atoms with Crippen LogP contribution < -0.4 is 0 Å². The molecule has 0 saturated heterocycles. The molecule has 14 heavy (non-hydrogen) atoms. The molecule has 0 atom stereocenters. The summed E-state index contributed by atoms with van der Waals surface area (Å²) in [5, 5.41) is 0. The summed E-state index contributed by atoms with van der Waals surface area (Å²) in [6.07, 6.45) is 0. The fraction of sp³-hybridized carbons (Fsp3) is 0.714. The normalized spacial score (nSPS) is 12.9. The van der Waals surface area contributed by atoms with Crippen molar-refractivity contribution in [2.24, 2.45) is 0 Å². The van der Waals surface area contributed by atoms with Gasteiger partial charge in [-0.1, -0.05) is 0 Å². The predicted molar refractivity (Wildman–Crippen MR) is 65.8 cm³/mol. The van der Waals surface area contributed by atoms with Crippen LogP contribution in [-0.2, 0) is 12.3 Å². The summed E-state index contributed by atoms with van der Waals surface area (Å²) in [4.78, 5) is 0. The third kappa shape index (κ3) is 5.39. The summed E-state index contributed by atoms with van der Waals surface area (Å²) in [5.74, 6) is 0. The molecule has 3 nitrogen and oxygen atoms in total. The van der Waals surface area contributed by atoms with Crippen molar-refractivity contribution in [3.8, 4) is 0 Å². The average Bonchev–Trinajstić information content (AvgIpc) is 2.02. The molecule has 0 saturated carbocycles. The van der Waals surface area contributed by atoms with E-state index in [1.54, 1.807) is 5.70 Å². The lowest BCUT2D eigenvalue weighted by Crippen LogP contribution is -2.52. The number of hydrogen-bond acceptors (Lipinski definition) is 3. The molecule has 0 bridgehead atoms. The smallest absolute Gasteiger partial charge is 0.414 e. The van der Waals surface area contributed by atoms with Crippen molar-refractivity contribution >= 4 is 36.6 Å². The lowest BCUT2D eigenvalue weighted by Gasteiger charge is -2.32. The molecule has 7 heteroatoms. The van der Waals surface area contributed by atoms with Crippen molar-refractivity contribution in [2.75, 3.05) is 0 Å². The fourth-order valence-corrected chi connectivity index (χ4v) is 9.21. The van der Waals surface area contributed by atoms with Crippen LogP contribution in [0.2, 0.25) is 32.7 Å². The molecule has 0 aliphatic carbocycles. The van der Waals surface area contributed by atoms with Gasteiger partial charge in [-0.2, -0.15) is 0 Å². The Labute approximate surface area is 94.2 Å². The molecule has 0 aromatic heterocycles. The fourth-order valence-electron chi connectivity index (χ4n) is 0.899. The lowest BCUT2D eigenvalue weighted by atomic mass is 11.3. The second kappa shape index (κ2) is 6.15. The van der Waals surface area contributed by atoms with Crippen molar-refractivity contribution in [1.29, 1.82) is 0 Å². The first-order valence-corrected chi connectivity index (χ1v) is 12.4. The Bertz CT molecular complexity index is 174. The monoisotopic (exact) mass is 262 g/mol. The van der Waals surface area contributed by atoms with Crippen LogP contribution in [0.25, 0.3) is 0 Å². The highest BCUT2D eigenvalue weighted by molar-refractivity contribution is 6.85. The van der Waals surface area contributed by atoms with Crippen molar-refractivity contribution in [3.05, 3.63) is 12.3 Å². The minimum absolute atomic E-state index is 0.379. The molecular weight excluding hydrogens is 244 g/mol. The third-order valence-corrected chi connectivity index (χ3v) is 9.18. The zero-order chi connectivity index (χ0) is 11.2. The van der Waals surface area contributed by atoms with Gasteiger partial charge in [0.2, 0.25) is 19.5 Å². The highest BCUT2D eigenvalue weighted by atomic mass is 28.5. The van der Waals surface area contributed by atoms with Crippen LogP contribution in [0.1, 0.15) is 0 Å². The van der Waals surface area contributed by atoms with Gasteiger partial charge in [0, 0.05) is 0 Å². The van der Waals surface area contributed by atoms with E-state index in [0.29, 0.717) is 19.5 Å². The molecule has 0 N–H and O–H groups in total. The summed E-state index contributed by atoms with van der Waals surface area (Å²) in [6, 6.07) is 0. The van der Waals surface area contributed by atoms with Crippen LogP contribution in [0.3, 0.4) is 0 Å². The van der Waals surface area contributed by atoms with Gasteiger partial charge < -0.3 is 12.3 Å². The molecule has 0 aromatic carbocycles. The minimum atomic E-state index is -2.55.